The quantitative estimate of drug-likeness (QED) is 0.742. The fraction of sp³-hybridized carbons (Fsp3) is 0.250. The molecule has 0 amide bonds. The van der Waals surface area contributed by atoms with Crippen molar-refractivity contribution in [1.29, 1.82) is 0 Å². The van der Waals surface area contributed by atoms with E-state index < -0.39 is 0 Å². The summed E-state index contributed by atoms with van der Waals surface area (Å²) in [7, 11) is 0. The van der Waals surface area contributed by atoms with E-state index in [0.717, 1.165) is 23.0 Å². The maximum absolute atomic E-state index is 5.95. The van der Waals surface area contributed by atoms with Gasteiger partial charge in [-0.3, -0.25) is 0 Å². The Morgan fingerprint density at radius 2 is 2.18 bits per heavy atom. The molecule has 1 aromatic heterocycles. The summed E-state index contributed by atoms with van der Waals surface area (Å²) < 4.78 is 4.28. The first-order valence-corrected chi connectivity index (χ1v) is 7.35. The van der Waals surface area contributed by atoms with Gasteiger partial charge in [0.1, 0.15) is 5.82 Å². The third-order valence-electron chi connectivity index (χ3n) is 3.11. The lowest BCUT2D eigenvalue weighted by atomic mass is 10.2. The summed E-state index contributed by atoms with van der Waals surface area (Å²) in [6.07, 6.45) is 3.33. The van der Waals surface area contributed by atoms with Crippen LogP contribution in [0.15, 0.2) is 22.7 Å². The van der Waals surface area contributed by atoms with Gasteiger partial charge in [-0.15, -0.1) is 0 Å². The van der Waals surface area contributed by atoms with Gasteiger partial charge in [0, 0.05) is 19.3 Å². The van der Waals surface area contributed by atoms with Crippen LogP contribution in [0.3, 0.4) is 0 Å². The fourth-order valence-electron chi connectivity index (χ4n) is 2.30. The average molecular weight is 404 g/mol. The number of aromatic nitrogens is 2. The van der Waals surface area contributed by atoms with Gasteiger partial charge < -0.3 is 5.73 Å². The highest BCUT2D eigenvalue weighted by Gasteiger charge is 2.21. The Labute approximate surface area is 122 Å². The molecule has 1 heterocycles. The maximum atomic E-state index is 5.95. The number of halogens is 2. The van der Waals surface area contributed by atoms with Crippen molar-refractivity contribution >= 4 is 44.3 Å². The molecule has 0 unspecified atom stereocenters. The van der Waals surface area contributed by atoms with Crippen LogP contribution in [0, 0.1) is 3.57 Å². The Kier molecular flexibility index (Phi) is 2.90. The molecule has 0 saturated heterocycles. The van der Waals surface area contributed by atoms with Crippen LogP contribution in [0.5, 0.6) is 0 Å². The Morgan fingerprint density at radius 3 is 2.94 bits per heavy atom. The third kappa shape index (κ3) is 1.89. The number of hydrogen-bond acceptors (Lipinski definition) is 2. The van der Waals surface area contributed by atoms with Crippen molar-refractivity contribution in [2.24, 2.45) is 0 Å². The molecule has 2 N–H and O–H groups in total. The number of nitrogen functional groups attached to an aromatic ring is 1. The molecular weight excluding hydrogens is 393 g/mol. The smallest absolute Gasteiger partial charge is 0.149 e. The first-order valence-electron chi connectivity index (χ1n) is 5.48. The Bertz CT molecular complexity index is 592. The van der Waals surface area contributed by atoms with Crippen LogP contribution in [0.25, 0.3) is 5.69 Å². The Balaban J connectivity index is 2.15. The van der Waals surface area contributed by atoms with Crippen LogP contribution in [0.1, 0.15) is 17.7 Å². The number of nitrogens with zero attached hydrogens (tertiary/aromatic N) is 2. The van der Waals surface area contributed by atoms with Gasteiger partial charge in [-0.1, -0.05) is 0 Å². The predicted molar refractivity (Wildman–Crippen MR) is 80.4 cm³/mol. The van der Waals surface area contributed by atoms with Crippen molar-refractivity contribution in [3.63, 3.8) is 0 Å². The van der Waals surface area contributed by atoms with Crippen molar-refractivity contribution in [3.05, 3.63) is 37.5 Å². The van der Waals surface area contributed by atoms with Gasteiger partial charge in [0.2, 0.25) is 0 Å². The van der Waals surface area contributed by atoms with Gasteiger partial charge in [0.15, 0.2) is 0 Å². The fourth-order valence-corrected chi connectivity index (χ4v) is 3.04. The first kappa shape index (κ1) is 11.5. The van der Waals surface area contributed by atoms with E-state index in [0.29, 0.717) is 5.82 Å². The minimum absolute atomic E-state index is 0.690. The number of fused-ring (bicyclic) bond motifs is 1. The Morgan fingerprint density at radius 1 is 1.35 bits per heavy atom. The van der Waals surface area contributed by atoms with E-state index in [2.05, 4.69) is 61.8 Å². The number of anilines is 1. The molecule has 1 aromatic carbocycles. The number of rotatable bonds is 1. The Hall–Kier alpha value is -0.560. The number of nitrogens with two attached hydrogens (primary N) is 1. The second-order valence-electron chi connectivity index (χ2n) is 4.17. The van der Waals surface area contributed by atoms with E-state index in [9.17, 15) is 0 Å². The maximum Gasteiger partial charge on any atom is 0.149 e. The largest absolute Gasteiger partial charge is 0.382 e. The SMILES string of the molecule is Nc1nn(-c2ccc(Br)c(I)c2)c2c1CCC2. The second kappa shape index (κ2) is 4.28. The minimum atomic E-state index is 0.690. The minimum Gasteiger partial charge on any atom is -0.382 e. The van der Waals surface area contributed by atoms with Crippen molar-refractivity contribution in [1.82, 2.24) is 9.78 Å². The molecule has 0 atom stereocenters. The predicted octanol–water partition coefficient (Wildman–Crippen LogP) is 3.31. The molecular formula is C12H11BrIN3. The van der Waals surface area contributed by atoms with Crippen molar-refractivity contribution < 1.29 is 0 Å². The van der Waals surface area contributed by atoms with Gasteiger partial charge in [0.25, 0.3) is 0 Å². The van der Waals surface area contributed by atoms with Crippen LogP contribution in [-0.2, 0) is 12.8 Å². The molecule has 3 rings (SSSR count). The third-order valence-corrected chi connectivity index (χ3v) is 5.43. The van der Waals surface area contributed by atoms with Crippen molar-refractivity contribution in [2.45, 2.75) is 19.3 Å². The molecule has 0 radical (unpaired) electrons. The van der Waals surface area contributed by atoms with E-state index in [-0.39, 0.29) is 0 Å². The summed E-state index contributed by atoms with van der Waals surface area (Å²) in [5.41, 5.74) is 9.56. The lowest BCUT2D eigenvalue weighted by molar-refractivity contribution is 0.788. The summed E-state index contributed by atoms with van der Waals surface area (Å²) in [4.78, 5) is 0. The summed E-state index contributed by atoms with van der Waals surface area (Å²) in [5.74, 6) is 0.690. The molecule has 17 heavy (non-hydrogen) atoms. The monoisotopic (exact) mass is 403 g/mol. The number of hydrogen-bond donors (Lipinski definition) is 1. The van der Waals surface area contributed by atoms with Crippen molar-refractivity contribution in [2.75, 3.05) is 5.73 Å². The summed E-state index contributed by atoms with van der Waals surface area (Å²) in [6.45, 7) is 0. The van der Waals surface area contributed by atoms with Crippen LogP contribution in [-0.4, -0.2) is 9.78 Å². The highest BCUT2D eigenvalue weighted by molar-refractivity contribution is 14.1. The van der Waals surface area contributed by atoms with Crippen LogP contribution in [0.4, 0.5) is 5.82 Å². The lowest BCUT2D eigenvalue weighted by Crippen LogP contribution is -2.02. The molecule has 3 nitrogen and oxygen atoms in total. The molecule has 0 spiro atoms. The summed E-state index contributed by atoms with van der Waals surface area (Å²) >= 11 is 5.82. The van der Waals surface area contributed by atoms with Crippen molar-refractivity contribution in [3.8, 4) is 5.69 Å². The zero-order chi connectivity index (χ0) is 12.0. The molecule has 0 aliphatic heterocycles. The molecule has 1 aliphatic rings. The topological polar surface area (TPSA) is 43.8 Å². The second-order valence-corrected chi connectivity index (χ2v) is 6.19. The number of benzene rings is 1. The van der Waals surface area contributed by atoms with E-state index in [1.807, 2.05) is 4.68 Å². The molecule has 0 saturated carbocycles. The van der Waals surface area contributed by atoms with Crippen LogP contribution in [0.2, 0.25) is 0 Å². The average Bonchev–Trinajstić information content (AvgIpc) is 2.87. The molecule has 88 valence electrons. The standard InChI is InChI=1S/C12H11BrIN3/c13-9-5-4-7(6-10(9)14)17-11-3-1-2-8(11)12(15)16-17/h4-6H,1-3H2,(H2,15,16). The van der Waals surface area contributed by atoms with E-state index in [1.165, 1.54) is 21.2 Å². The highest BCUT2D eigenvalue weighted by atomic mass is 127. The van der Waals surface area contributed by atoms with Gasteiger partial charge >= 0.3 is 0 Å². The zero-order valence-corrected chi connectivity index (χ0v) is 12.8. The van der Waals surface area contributed by atoms with Gasteiger partial charge in [-0.05, 0) is 76.0 Å². The van der Waals surface area contributed by atoms with E-state index >= 15 is 0 Å². The van der Waals surface area contributed by atoms with E-state index in [4.69, 9.17) is 5.73 Å². The summed E-state index contributed by atoms with van der Waals surface area (Å²) in [5, 5.41) is 4.45. The van der Waals surface area contributed by atoms with Crippen LogP contribution < -0.4 is 5.73 Å². The molecule has 0 fully saturated rings. The summed E-state index contributed by atoms with van der Waals surface area (Å²) in [6, 6.07) is 6.24. The molecule has 5 heteroatoms. The van der Waals surface area contributed by atoms with Gasteiger partial charge in [0.05, 0.1) is 5.69 Å². The molecule has 2 aromatic rings. The normalized spacial score (nSPS) is 14.0. The first-order chi connectivity index (χ1) is 8.16. The molecule has 0 bridgehead atoms. The van der Waals surface area contributed by atoms with E-state index in [1.54, 1.807) is 0 Å². The zero-order valence-electron chi connectivity index (χ0n) is 9.08. The van der Waals surface area contributed by atoms with Gasteiger partial charge in [-0.25, -0.2) is 4.68 Å². The highest BCUT2D eigenvalue weighted by Crippen LogP contribution is 2.30. The van der Waals surface area contributed by atoms with Gasteiger partial charge in [-0.2, -0.15) is 5.10 Å². The lowest BCUT2D eigenvalue weighted by Gasteiger charge is -2.06. The van der Waals surface area contributed by atoms with Crippen LogP contribution >= 0.6 is 38.5 Å². The molecule has 1 aliphatic carbocycles.